The van der Waals surface area contributed by atoms with Gasteiger partial charge in [0.05, 0.1) is 6.54 Å². The van der Waals surface area contributed by atoms with Crippen LogP contribution in [-0.4, -0.2) is 4.57 Å². The standard InChI is InChI=1S/C16H15FN2/c17-15-6-5-12(10-18)9-14(15)11-19-8-7-13-3-1-2-4-16(13)19/h1-9H,10-11,18H2. The minimum Gasteiger partial charge on any atom is -0.343 e. The van der Waals surface area contributed by atoms with Crippen molar-refractivity contribution in [3.8, 4) is 0 Å². The summed E-state index contributed by atoms with van der Waals surface area (Å²) in [7, 11) is 0. The van der Waals surface area contributed by atoms with Gasteiger partial charge < -0.3 is 10.3 Å². The lowest BCUT2D eigenvalue weighted by molar-refractivity contribution is 0.601. The molecule has 1 aromatic heterocycles. The Morgan fingerprint density at radius 1 is 1.05 bits per heavy atom. The van der Waals surface area contributed by atoms with Crippen LogP contribution in [0, 0.1) is 5.82 Å². The number of halogens is 1. The summed E-state index contributed by atoms with van der Waals surface area (Å²) >= 11 is 0. The van der Waals surface area contributed by atoms with Gasteiger partial charge in [-0.3, -0.25) is 0 Å². The van der Waals surface area contributed by atoms with Gasteiger partial charge in [-0.25, -0.2) is 4.39 Å². The molecule has 1 heterocycles. The molecule has 3 heteroatoms. The van der Waals surface area contributed by atoms with Crippen molar-refractivity contribution in [3.05, 3.63) is 71.7 Å². The molecule has 0 saturated heterocycles. The molecular weight excluding hydrogens is 239 g/mol. The first kappa shape index (κ1) is 11.9. The summed E-state index contributed by atoms with van der Waals surface area (Å²) in [6.07, 6.45) is 1.99. The number of nitrogens with zero attached hydrogens (tertiary/aromatic N) is 1. The summed E-state index contributed by atoms with van der Waals surface area (Å²) in [5, 5.41) is 1.16. The molecule has 2 aromatic carbocycles. The molecule has 3 rings (SSSR count). The normalized spacial score (nSPS) is 11.1. The van der Waals surface area contributed by atoms with Crippen molar-refractivity contribution in [2.24, 2.45) is 5.73 Å². The highest BCUT2D eigenvalue weighted by Gasteiger charge is 2.06. The maximum absolute atomic E-state index is 13.8. The Balaban J connectivity index is 2.01. The Bertz CT molecular complexity index is 716. The van der Waals surface area contributed by atoms with Crippen molar-refractivity contribution >= 4 is 10.9 Å². The topological polar surface area (TPSA) is 30.9 Å². The van der Waals surface area contributed by atoms with Crippen molar-refractivity contribution < 1.29 is 4.39 Å². The third kappa shape index (κ3) is 2.25. The molecular formula is C16H15FN2. The number of hydrogen-bond donors (Lipinski definition) is 1. The summed E-state index contributed by atoms with van der Waals surface area (Å²) in [5.41, 5.74) is 8.34. The fourth-order valence-corrected chi connectivity index (χ4v) is 2.34. The maximum atomic E-state index is 13.8. The number of aromatic nitrogens is 1. The molecule has 0 unspecified atom stereocenters. The van der Waals surface area contributed by atoms with Crippen molar-refractivity contribution in [3.63, 3.8) is 0 Å². The smallest absolute Gasteiger partial charge is 0.128 e. The van der Waals surface area contributed by atoms with Crippen LogP contribution in [0.4, 0.5) is 4.39 Å². The second-order valence-electron chi connectivity index (χ2n) is 4.63. The number of hydrogen-bond acceptors (Lipinski definition) is 1. The molecule has 2 N–H and O–H groups in total. The molecule has 2 nitrogen and oxygen atoms in total. The summed E-state index contributed by atoms with van der Waals surface area (Å²) in [6, 6.07) is 15.2. The zero-order valence-corrected chi connectivity index (χ0v) is 10.5. The van der Waals surface area contributed by atoms with Crippen LogP contribution in [0.15, 0.2) is 54.7 Å². The molecule has 0 bridgehead atoms. The van der Waals surface area contributed by atoms with Crippen LogP contribution in [0.2, 0.25) is 0 Å². The fourth-order valence-electron chi connectivity index (χ4n) is 2.34. The van der Waals surface area contributed by atoms with E-state index in [2.05, 4.69) is 6.07 Å². The number of benzene rings is 2. The van der Waals surface area contributed by atoms with E-state index in [9.17, 15) is 4.39 Å². The molecule has 0 radical (unpaired) electrons. The second kappa shape index (κ2) is 4.86. The van der Waals surface area contributed by atoms with Crippen LogP contribution in [0.1, 0.15) is 11.1 Å². The lowest BCUT2D eigenvalue weighted by Crippen LogP contribution is -2.03. The van der Waals surface area contributed by atoms with Gasteiger partial charge in [0.1, 0.15) is 5.82 Å². The van der Waals surface area contributed by atoms with Gasteiger partial charge >= 0.3 is 0 Å². The number of rotatable bonds is 3. The van der Waals surface area contributed by atoms with E-state index in [1.54, 1.807) is 6.07 Å². The van der Waals surface area contributed by atoms with Crippen molar-refractivity contribution in [1.82, 2.24) is 4.57 Å². The summed E-state index contributed by atoms with van der Waals surface area (Å²) in [6.45, 7) is 0.951. The van der Waals surface area contributed by atoms with Gasteiger partial charge in [-0.05, 0) is 35.2 Å². The average molecular weight is 254 g/mol. The van der Waals surface area contributed by atoms with Gasteiger partial charge in [0.2, 0.25) is 0 Å². The molecule has 96 valence electrons. The zero-order valence-electron chi connectivity index (χ0n) is 10.5. The van der Waals surface area contributed by atoms with E-state index in [0.717, 1.165) is 16.5 Å². The van der Waals surface area contributed by atoms with Crippen LogP contribution in [0.3, 0.4) is 0 Å². The van der Waals surface area contributed by atoms with Gasteiger partial charge in [-0.2, -0.15) is 0 Å². The van der Waals surface area contributed by atoms with E-state index in [-0.39, 0.29) is 5.82 Å². The molecule has 0 aliphatic carbocycles. The summed E-state index contributed by atoms with van der Waals surface area (Å²) in [5.74, 6) is -0.185. The molecule has 19 heavy (non-hydrogen) atoms. The Labute approximate surface area is 111 Å². The Morgan fingerprint density at radius 3 is 2.74 bits per heavy atom. The molecule has 0 aliphatic rings. The highest BCUT2D eigenvalue weighted by atomic mass is 19.1. The van der Waals surface area contributed by atoms with Crippen LogP contribution >= 0.6 is 0 Å². The molecule has 0 atom stereocenters. The lowest BCUT2D eigenvalue weighted by atomic mass is 10.1. The first-order chi connectivity index (χ1) is 9.28. The van der Waals surface area contributed by atoms with Gasteiger partial charge in [0, 0.05) is 23.8 Å². The SMILES string of the molecule is NCc1ccc(F)c(Cn2ccc3ccccc32)c1. The number of para-hydroxylation sites is 1. The minimum absolute atomic E-state index is 0.185. The molecule has 3 aromatic rings. The molecule has 0 amide bonds. The van der Waals surface area contributed by atoms with Crippen molar-refractivity contribution in [1.29, 1.82) is 0 Å². The van der Waals surface area contributed by atoms with E-state index in [0.29, 0.717) is 18.7 Å². The largest absolute Gasteiger partial charge is 0.343 e. The Kier molecular flexibility index (Phi) is 3.05. The minimum atomic E-state index is -0.185. The van der Waals surface area contributed by atoms with Crippen LogP contribution in [-0.2, 0) is 13.1 Å². The monoisotopic (exact) mass is 254 g/mol. The number of fused-ring (bicyclic) bond motifs is 1. The summed E-state index contributed by atoms with van der Waals surface area (Å²) < 4.78 is 15.9. The van der Waals surface area contributed by atoms with Crippen LogP contribution in [0.25, 0.3) is 10.9 Å². The van der Waals surface area contributed by atoms with Gasteiger partial charge in [0.15, 0.2) is 0 Å². The number of nitrogens with two attached hydrogens (primary N) is 1. The van der Waals surface area contributed by atoms with E-state index < -0.39 is 0 Å². The zero-order chi connectivity index (χ0) is 13.2. The van der Waals surface area contributed by atoms with Crippen LogP contribution in [0.5, 0.6) is 0 Å². The molecule has 0 aliphatic heterocycles. The van der Waals surface area contributed by atoms with E-state index in [4.69, 9.17) is 5.73 Å². The molecule has 0 saturated carbocycles. The Morgan fingerprint density at radius 2 is 1.89 bits per heavy atom. The van der Waals surface area contributed by atoms with Gasteiger partial charge in [0.25, 0.3) is 0 Å². The second-order valence-corrected chi connectivity index (χ2v) is 4.63. The quantitative estimate of drug-likeness (QED) is 0.764. The van der Waals surface area contributed by atoms with E-state index in [1.165, 1.54) is 6.07 Å². The van der Waals surface area contributed by atoms with Gasteiger partial charge in [-0.15, -0.1) is 0 Å². The highest BCUT2D eigenvalue weighted by molar-refractivity contribution is 5.80. The maximum Gasteiger partial charge on any atom is 0.128 e. The predicted octanol–water partition coefficient (Wildman–Crippen LogP) is 3.29. The van der Waals surface area contributed by atoms with Crippen molar-refractivity contribution in [2.45, 2.75) is 13.1 Å². The first-order valence-electron chi connectivity index (χ1n) is 6.29. The summed E-state index contributed by atoms with van der Waals surface area (Å²) in [4.78, 5) is 0. The third-order valence-electron chi connectivity index (χ3n) is 3.37. The fraction of sp³-hybridized carbons (Fsp3) is 0.125. The van der Waals surface area contributed by atoms with E-state index in [1.807, 2.05) is 41.1 Å². The van der Waals surface area contributed by atoms with Crippen LogP contribution < -0.4 is 5.73 Å². The van der Waals surface area contributed by atoms with Gasteiger partial charge in [-0.1, -0.05) is 24.3 Å². The van der Waals surface area contributed by atoms with E-state index >= 15 is 0 Å². The third-order valence-corrected chi connectivity index (χ3v) is 3.37. The first-order valence-corrected chi connectivity index (χ1v) is 6.29. The average Bonchev–Trinajstić information content (AvgIpc) is 2.85. The Hall–Kier alpha value is -2.13. The predicted molar refractivity (Wildman–Crippen MR) is 75.3 cm³/mol. The molecule has 0 fully saturated rings. The highest BCUT2D eigenvalue weighted by Crippen LogP contribution is 2.18. The molecule has 0 spiro atoms. The van der Waals surface area contributed by atoms with Crippen molar-refractivity contribution in [2.75, 3.05) is 0 Å². The lowest BCUT2D eigenvalue weighted by Gasteiger charge is -2.08.